The summed E-state index contributed by atoms with van der Waals surface area (Å²) in [5.41, 5.74) is 5.94. The number of esters is 2. The quantitative estimate of drug-likeness (QED) is 0.670. The van der Waals surface area contributed by atoms with Gasteiger partial charge in [0.15, 0.2) is 6.61 Å². The van der Waals surface area contributed by atoms with Gasteiger partial charge in [-0.15, -0.1) is 0 Å². The molecule has 0 amide bonds. The van der Waals surface area contributed by atoms with Gasteiger partial charge in [0.05, 0.1) is 22.4 Å². The minimum absolute atomic E-state index is 0.111. The lowest BCUT2D eigenvalue weighted by molar-refractivity contribution is -0.150. The minimum atomic E-state index is -0.715. The van der Waals surface area contributed by atoms with E-state index in [1.165, 1.54) is 6.07 Å². The minimum Gasteiger partial charge on any atom is -0.460 e. The SMILES string of the molecule is CC(C)OC(=O)COC(=O)c1cccc(N)c1Cl. The zero-order valence-corrected chi connectivity index (χ0v) is 10.9. The molecule has 0 unspecified atom stereocenters. The van der Waals surface area contributed by atoms with Crippen molar-refractivity contribution in [2.45, 2.75) is 20.0 Å². The Balaban J connectivity index is 2.61. The topological polar surface area (TPSA) is 78.6 Å². The van der Waals surface area contributed by atoms with E-state index in [1.54, 1.807) is 26.0 Å². The van der Waals surface area contributed by atoms with Crippen LogP contribution in [0.1, 0.15) is 24.2 Å². The molecular formula is C12H14ClNO4. The molecule has 0 radical (unpaired) electrons. The second-order valence-electron chi connectivity index (χ2n) is 3.82. The molecule has 0 aromatic heterocycles. The van der Waals surface area contributed by atoms with Gasteiger partial charge in [-0.3, -0.25) is 0 Å². The maximum atomic E-state index is 11.6. The summed E-state index contributed by atoms with van der Waals surface area (Å²) in [7, 11) is 0. The van der Waals surface area contributed by atoms with Crippen molar-refractivity contribution in [3.8, 4) is 0 Å². The van der Waals surface area contributed by atoms with Gasteiger partial charge < -0.3 is 15.2 Å². The number of nitrogens with two attached hydrogens (primary N) is 1. The lowest BCUT2D eigenvalue weighted by Crippen LogP contribution is -2.19. The van der Waals surface area contributed by atoms with Crippen LogP contribution in [0.2, 0.25) is 5.02 Å². The van der Waals surface area contributed by atoms with Crippen LogP contribution < -0.4 is 5.73 Å². The van der Waals surface area contributed by atoms with E-state index < -0.39 is 18.5 Å². The van der Waals surface area contributed by atoms with Crippen molar-refractivity contribution in [3.05, 3.63) is 28.8 Å². The number of rotatable bonds is 4. The zero-order chi connectivity index (χ0) is 13.7. The van der Waals surface area contributed by atoms with E-state index in [0.717, 1.165) is 0 Å². The Labute approximate surface area is 110 Å². The molecule has 0 atom stereocenters. The first-order valence-electron chi connectivity index (χ1n) is 5.32. The molecule has 1 aromatic rings. The van der Waals surface area contributed by atoms with Crippen LogP contribution in [0.15, 0.2) is 18.2 Å². The van der Waals surface area contributed by atoms with Crippen molar-refractivity contribution in [2.24, 2.45) is 0 Å². The molecule has 0 heterocycles. The Bertz CT molecular complexity index is 459. The third-order valence-corrected chi connectivity index (χ3v) is 2.36. The highest BCUT2D eigenvalue weighted by molar-refractivity contribution is 6.36. The molecule has 0 saturated heterocycles. The van der Waals surface area contributed by atoms with Crippen molar-refractivity contribution >= 4 is 29.2 Å². The molecule has 98 valence electrons. The van der Waals surface area contributed by atoms with Crippen molar-refractivity contribution in [2.75, 3.05) is 12.3 Å². The molecule has 2 N–H and O–H groups in total. The fraction of sp³-hybridized carbons (Fsp3) is 0.333. The van der Waals surface area contributed by atoms with E-state index in [0.29, 0.717) is 0 Å². The van der Waals surface area contributed by atoms with E-state index in [9.17, 15) is 9.59 Å². The van der Waals surface area contributed by atoms with Crippen molar-refractivity contribution in [1.29, 1.82) is 0 Å². The second kappa shape index (κ2) is 6.26. The number of ether oxygens (including phenoxy) is 2. The number of hydrogen-bond acceptors (Lipinski definition) is 5. The molecular weight excluding hydrogens is 258 g/mol. The average molecular weight is 272 g/mol. The van der Waals surface area contributed by atoms with Crippen molar-refractivity contribution in [1.82, 2.24) is 0 Å². The van der Waals surface area contributed by atoms with Gasteiger partial charge in [-0.05, 0) is 26.0 Å². The van der Waals surface area contributed by atoms with Gasteiger partial charge in [0.2, 0.25) is 0 Å². The molecule has 0 spiro atoms. The van der Waals surface area contributed by atoms with Crippen LogP contribution in [-0.4, -0.2) is 24.6 Å². The largest absolute Gasteiger partial charge is 0.460 e. The zero-order valence-electron chi connectivity index (χ0n) is 10.1. The highest BCUT2D eigenvalue weighted by atomic mass is 35.5. The molecule has 0 saturated carbocycles. The molecule has 6 heteroatoms. The molecule has 1 aromatic carbocycles. The van der Waals surface area contributed by atoms with Gasteiger partial charge in [0, 0.05) is 0 Å². The molecule has 0 aliphatic rings. The first-order chi connectivity index (χ1) is 8.41. The third kappa shape index (κ3) is 3.92. The Morgan fingerprint density at radius 2 is 2.06 bits per heavy atom. The standard InChI is InChI=1S/C12H14ClNO4/c1-7(2)18-10(15)6-17-12(16)8-4-3-5-9(14)11(8)13/h3-5,7H,6,14H2,1-2H3. The van der Waals surface area contributed by atoms with Crippen LogP contribution >= 0.6 is 11.6 Å². The van der Waals surface area contributed by atoms with E-state index in [2.05, 4.69) is 0 Å². The number of anilines is 1. The molecule has 0 aliphatic heterocycles. The summed E-state index contributed by atoms with van der Waals surface area (Å²) in [5.74, 6) is -1.33. The van der Waals surface area contributed by atoms with Gasteiger partial charge in [-0.2, -0.15) is 0 Å². The van der Waals surface area contributed by atoms with Gasteiger partial charge >= 0.3 is 11.9 Å². The lowest BCUT2D eigenvalue weighted by atomic mass is 10.2. The third-order valence-electron chi connectivity index (χ3n) is 1.94. The normalized spacial score (nSPS) is 10.2. The van der Waals surface area contributed by atoms with E-state index in [-0.39, 0.29) is 22.4 Å². The monoisotopic (exact) mass is 271 g/mol. The van der Waals surface area contributed by atoms with Crippen LogP contribution in [0.3, 0.4) is 0 Å². The molecule has 0 aliphatic carbocycles. The number of halogens is 1. The van der Waals surface area contributed by atoms with Crippen LogP contribution in [0, 0.1) is 0 Å². The van der Waals surface area contributed by atoms with Crippen LogP contribution in [0.4, 0.5) is 5.69 Å². The average Bonchev–Trinajstić information content (AvgIpc) is 2.29. The second-order valence-corrected chi connectivity index (χ2v) is 4.20. The number of carbonyl (C=O) groups is 2. The fourth-order valence-corrected chi connectivity index (χ4v) is 1.41. The number of hydrogen-bond donors (Lipinski definition) is 1. The molecule has 5 nitrogen and oxygen atoms in total. The summed E-state index contributed by atoms with van der Waals surface area (Å²) >= 11 is 5.85. The predicted molar refractivity (Wildman–Crippen MR) is 67.4 cm³/mol. The maximum Gasteiger partial charge on any atom is 0.344 e. The highest BCUT2D eigenvalue weighted by Crippen LogP contribution is 2.23. The molecule has 1 rings (SSSR count). The fourth-order valence-electron chi connectivity index (χ4n) is 1.21. The van der Waals surface area contributed by atoms with Crippen molar-refractivity contribution < 1.29 is 19.1 Å². The van der Waals surface area contributed by atoms with E-state index >= 15 is 0 Å². The number of nitrogen functional groups attached to an aromatic ring is 1. The van der Waals surface area contributed by atoms with Crippen LogP contribution in [0.25, 0.3) is 0 Å². The number of benzene rings is 1. The van der Waals surface area contributed by atoms with Crippen LogP contribution in [-0.2, 0) is 14.3 Å². The Kier molecular flexibility index (Phi) is 4.97. The Morgan fingerprint density at radius 3 is 2.67 bits per heavy atom. The first kappa shape index (κ1) is 14.3. The first-order valence-corrected chi connectivity index (χ1v) is 5.70. The maximum absolute atomic E-state index is 11.6. The highest BCUT2D eigenvalue weighted by Gasteiger charge is 2.15. The Morgan fingerprint density at radius 1 is 1.39 bits per heavy atom. The summed E-state index contributed by atoms with van der Waals surface area (Å²) in [5, 5.41) is 0.111. The van der Waals surface area contributed by atoms with E-state index in [4.69, 9.17) is 26.8 Å². The van der Waals surface area contributed by atoms with Gasteiger partial charge in [0.25, 0.3) is 0 Å². The summed E-state index contributed by atoms with van der Waals surface area (Å²) in [6, 6.07) is 4.60. The molecule has 0 fully saturated rings. The van der Waals surface area contributed by atoms with Crippen LogP contribution in [0.5, 0.6) is 0 Å². The predicted octanol–water partition coefficient (Wildman–Crippen LogP) is 2.03. The summed E-state index contributed by atoms with van der Waals surface area (Å²) < 4.78 is 9.59. The summed E-state index contributed by atoms with van der Waals surface area (Å²) in [6.45, 7) is 2.95. The van der Waals surface area contributed by atoms with Crippen molar-refractivity contribution in [3.63, 3.8) is 0 Å². The Hall–Kier alpha value is -1.75. The smallest absolute Gasteiger partial charge is 0.344 e. The molecule has 0 bridgehead atoms. The van der Waals surface area contributed by atoms with Gasteiger partial charge in [-0.1, -0.05) is 17.7 Å². The molecule has 18 heavy (non-hydrogen) atoms. The lowest BCUT2D eigenvalue weighted by Gasteiger charge is -2.09. The van der Waals surface area contributed by atoms with E-state index in [1.807, 2.05) is 0 Å². The summed E-state index contributed by atoms with van der Waals surface area (Å²) in [4.78, 5) is 22.8. The summed E-state index contributed by atoms with van der Waals surface area (Å²) in [6.07, 6.45) is -0.257. The van der Waals surface area contributed by atoms with Gasteiger partial charge in [0.1, 0.15) is 0 Å². The van der Waals surface area contributed by atoms with Gasteiger partial charge in [-0.25, -0.2) is 9.59 Å². The number of carbonyl (C=O) groups excluding carboxylic acids is 2.